The molecule has 0 aromatic heterocycles. The van der Waals surface area contributed by atoms with Gasteiger partial charge < -0.3 is 9.47 Å². The largest absolute Gasteiger partial charge is 0.469 e. The molecule has 0 saturated heterocycles. The van der Waals surface area contributed by atoms with Gasteiger partial charge in [-0.3, -0.25) is 9.59 Å². The molecule has 0 amide bonds. The molecule has 0 heterocycles. The Balaban J connectivity index is 1.41. The van der Waals surface area contributed by atoms with Crippen molar-refractivity contribution in [1.82, 2.24) is 0 Å². The summed E-state index contributed by atoms with van der Waals surface area (Å²) in [5, 5.41) is 0. The Morgan fingerprint density at radius 3 is 2.49 bits per heavy atom. The summed E-state index contributed by atoms with van der Waals surface area (Å²) in [6.07, 6.45) is 15.9. The fraction of sp³-hybridized carbons (Fsp3) is 0.871. The van der Waals surface area contributed by atoms with Gasteiger partial charge in [-0.25, -0.2) is 0 Å². The van der Waals surface area contributed by atoms with Crippen LogP contribution in [0.1, 0.15) is 112 Å². The third-order valence-corrected chi connectivity index (χ3v) is 11.1. The summed E-state index contributed by atoms with van der Waals surface area (Å²) >= 11 is 0. The molecule has 3 fully saturated rings. The summed E-state index contributed by atoms with van der Waals surface area (Å²) in [4.78, 5) is 23.6. The van der Waals surface area contributed by atoms with E-state index in [1.807, 2.05) is 0 Å². The van der Waals surface area contributed by atoms with Crippen LogP contribution in [0.25, 0.3) is 0 Å². The first-order chi connectivity index (χ1) is 16.6. The maximum Gasteiger partial charge on any atom is 0.317 e. The van der Waals surface area contributed by atoms with Gasteiger partial charge in [0.2, 0.25) is 0 Å². The molecule has 35 heavy (non-hydrogen) atoms. The van der Waals surface area contributed by atoms with E-state index in [4.69, 9.17) is 4.74 Å². The molecule has 0 aromatic carbocycles. The predicted octanol–water partition coefficient (Wildman–Crippen LogP) is 7.50. The summed E-state index contributed by atoms with van der Waals surface area (Å²) in [7, 11) is 1.31. The van der Waals surface area contributed by atoms with Crippen molar-refractivity contribution < 1.29 is 19.1 Å². The van der Waals surface area contributed by atoms with Gasteiger partial charge in [0.1, 0.15) is 12.5 Å². The minimum Gasteiger partial charge on any atom is -0.469 e. The van der Waals surface area contributed by atoms with Crippen LogP contribution in [0.15, 0.2) is 11.6 Å². The van der Waals surface area contributed by atoms with Crippen molar-refractivity contribution in [3.05, 3.63) is 11.6 Å². The minimum atomic E-state index is -0.523. The zero-order valence-corrected chi connectivity index (χ0v) is 23.2. The van der Waals surface area contributed by atoms with Gasteiger partial charge in [-0.1, -0.05) is 65.5 Å². The molecule has 4 heteroatoms. The number of allylic oxidation sites excluding steroid dienone is 1. The van der Waals surface area contributed by atoms with E-state index in [1.165, 1.54) is 64.0 Å². The van der Waals surface area contributed by atoms with Gasteiger partial charge in [0, 0.05) is 6.42 Å². The van der Waals surface area contributed by atoms with E-state index in [1.54, 1.807) is 0 Å². The molecule has 0 spiro atoms. The number of hydrogen-bond acceptors (Lipinski definition) is 4. The van der Waals surface area contributed by atoms with Crippen LogP contribution >= 0.6 is 0 Å². The van der Waals surface area contributed by atoms with E-state index in [9.17, 15) is 9.59 Å². The number of ether oxygens (including phenoxy) is 2. The van der Waals surface area contributed by atoms with Crippen molar-refractivity contribution in [2.45, 2.75) is 118 Å². The Bertz CT molecular complexity index is 815. The molecule has 4 aliphatic rings. The molecule has 3 saturated carbocycles. The second-order valence-corrected chi connectivity index (χ2v) is 13.4. The van der Waals surface area contributed by atoms with Crippen molar-refractivity contribution in [3.63, 3.8) is 0 Å². The molecule has 4 nitrogen and oxygen atoms in total. The maximum absolute atomic E-state index is 12.2. The third kappa shape index (κ3) is 5.23. The van der Waals surface area contributed by atoms with E-state index >= 15 is 0 Å². The van der Waals surface area contributed by atoms with E-state index in [2.05, 4.69) is 45.4 Å². The van der Waals surface area contributed by atoms with Crippen LogP contribution < -0.4 is 0 Å². The van der Waals surface area contributed by atoms with Crippen molar-refractivity contribution in [2.75, 3.05) is 7.11 Å². The average molecular weight is 487 g/mol. The SMILES string of the molecule is COC(=O)CC(=O)OC1CCC2(C)C(=CCC3C2CCC2(C)C(C(C)CCCC(C)C)CCC32)C1. The summed E-state index contributed by atoms with van der Waals surface area (Å²) in [6, 6.07) is 0. The molecule has 0 bridgehead atoms. The summed E-state index contributed by atoms with van der Waals surface area (Å²) < 4.78 is 10.3. The Kier molecular flexibility index (Phi) is 8.08. The number of rotatable bonds is 8. The number of fused-ring (bicyclic) bond motifs is 5. The van der Waals surface area contributed by atoms with Crippen LogP contribution in [-0.2, 0) is 19.1 Å². The average Bonchev–Trinajstić information content (AvgIpc) is 3.16. The smallest absolute Gasteiger partial charge is 0.317 e. The molecule has 0 aliphatic heterocycles. The molecular weight excluding hydrogens is 436 g/mol. The van der Waals surface area contributed by atoms with Gasteiger partial charge in [-0.05, 0) is 91.3 Å². The van der Waals surface area contributed by atoms with E-state index in [0.717, 1.165) is 54.8 Å². The molecule has 0 radical (unpaired) electrons. The summed E-state index contributed by atoms with van der Waals surface area (Å²) in [6.45, 7) is 12.4. The molecule has 198 valence electrons. The van der Waals surface area contributed by atoms with Crippen molar-refractivity contribution in [2.24, 2.45) is 46.3 Å². The topological polar surface area (TPSA) is 52.6 Å². The molecule has 8 unspecified atom stereocenters. The highest BCUT2D eigenvalue weighted by Crippen LogP contribution is 2.67. The molecule has 4 aliphatic carbocycles. The van der Waals surface area contributed by atoms with E-state index in [0.29, 0.717) is 5.41 Å². The van der Waals surface area contributed by atoms with Gasteiger partial charge in [-0.15, -0.1) is 0 Å². The fourth-order valence-corrected chi connectivity index (χ4v) is 9.17. The molecule has 8 atom stereocenters. The lowest BCUT2D eigenvalue weighted by Crippen LogP contribution is -2.51. The van der Waals surface area contributed by atoms with Gasteiger partial charge in [-0.2, -0.15) is 0 Å². The quantitative estimate of drug-likeness (QED) is 0.202. The van der Waals surface area contributed by atoms with Crippen molar-refractivity contribution in [3.8, 4) is 0 Å². The Morgan fingerprint density at radius 1 is 1.00 bits per heavy atom. The van der Waals surface area contributed by atoms with Crippen LogP contribution in [0.2, 0.25) is 0 Å². The van der Waals surface area contributed by atoms with Crippen LogP contribution in [-0.4, -0.2) is 25.2 Å². The Labute approximate surface area is 214 Å². The van der Waals surface area contributed by atoms with E-state index in [-0.39, 0.29) is 17.9 Å². The number of esters is 2. The summed E-state index contributed by atoms with van der Waals surface area (Å²) in [5.41, 5.74) is 2.28. The molecular formula is C31H50O4. The standard InChI is InChI=1S/C31H50O4/c1-20(2)8-7-9-21(3)25-12-13-26-24-11-10-22-18-23(35-29(33)19-28(32)34-6)14-16-30(22,4)27(24)15-17-31(25,26)5/h10,20-21,23-27H,7-9,11-19H2,1-6H3. The first-order valence-electron chi connectivity index (χ1n) is 14.5. The van der Waals surface area contributed by atoms with Crippen molar-refractivity contribution in [1.29, 1.82) is 0 Å². The zero-order valence-electron chi connectivity index (χ0n) is 23.2. The lowest BCUT2D eigenvalue weighted by Gasteiger charge is -2.58. The van der Waals surface area contributed by atoms with Crippen LogP contribution in [0.4, 0.5) is 0 Å². The Hall–Kier alpha value is -1.32. The third-order valence-electron chi connectivity index (χ3n) is 11.1. The Morgan fingerprint density at radius 2 is 1.77 bits per heavy atom. The second-order valence-electron chi connectivity index (χ2n) is 13.4. The van der Waals surface area contributed by atoms with Crippen LogP contribution in [0.3, 0.4) is 0 Å². The number of carbonyl (C=O) groups excluding carboxylic acids is 2. The predicted molar refractivity (Wildman–Crippen MR) is 140 cm³/mol. The zero-order chi connectivity index (χ0) is 25.4. The van der Waals surface area contributed by atoms with Gasteiger partial charge in [0.25, 0.3) is 0 Å². The number of hydrogen-bond donors (Lipinski definition) is 0. The van der Waals surface area contributed by atoms with Crippen LogP contribution in [0.5, 0.6) is 0 Å². The van der Waals surface area contributed by atoms with Crippen LogP contribution in [0, 0.1) is 46.3 Å². The highest BCUT2D eigenvalue weighted by atomic mass is 16.6. The van der Waals surface area contributed by atoms with Gasteiger partial charge >= 0.3 is 11.9 Å². The lowest BCUT2D eigenvalue weighted by atomic mass is 9.47. The van der Waals surface area contributed by atoms with Gasteiger partial charge in [0.15, 0.2) is 0 Å². The number of carbonyl (C=O) groups is 2. The monoisotopic (exact) mass is 486 g/mol. The normalized spacial score (nSPS) is 39.2. The first-order valence-corrected chi connectivity index (χ1v) is 14.5. The first kappa shape index (κ1) is 26.7. The molecule has 4 rings (SSSR count). The number of methoxy groups -OCH3 is 1. The van der Waals surface area contributed by atoms with Gasteiger partial charge in [0.05, 0.1) is 7.11 Å². The fourth-order valence-electron chi connectivity index (χ4n) is 9.17. The molecule has 0 aromatic rings. The van der Waals surface area contributed by atoms with E-state index < -0.39 is 11.9 Å². The lowest BCUT2D eigenvalue weighted by molar-refractivity contribution is -0.158. The minimum absolute atomic E-state index is 0.0977. The van der Waals surface area contributed by atoms with Crippen molar-refractivity contribution >= 4 is 11.9 Å². The highest BCUT2D eigenvalue weighted by molar-refractivity contribution is 5.91. The second kappa shape index (κ2) is 10.6. The highest BCUT2D eigenvalue weighted by Gasteiger charge is 2.59. The summed E-state index contributed by atoms with van der Waals surface area (Å²) in [5.74, 6) is 4.03. The molecule has 0 N–H and O–H groups in total. The maximum atomic E-state index is 12.2.